The molecular weight excluding hydrogens is 448 g/mol. The third-order valence-electron chi connectivity index (χ3n) is 6.37. The number of likely N-dealkylation sites (tertiary alicyclic amines) is 1. The van der Waals surface area contributed by atoms with Crippen LogP contribution in [-0.2, 0) is 19.0 Å². The van der Waals surface area contributed by atoms with Gasteiger partial charge in [-0.25, -0.2) is 14.4 Å². The molecule has 0 radical (unpaired) electrons. The van der Waals surface area contributed by atoms with Crippen LogP contribution in [0.25, 0.3) is 11.1 Å². The Balaban J connectivity index is 1.33. The number of methoxy groups -OCH3 is 1. The molecule has 1 heterocycles. The maximum absolute atomic E-state index is 12.6. The SMILES string of the molecule is COC(=O)[C@H]1C[C@@H](CNC(=O)OCC2c3ccccc3-c3ccccc32)CN1C(=O)OC(C)(C)C. The van der Waals surface area contributed by atoms with E-state index in [4.69, 9.17) is 14.2 Å². The first kappa shape index (κ1) is 24.6. The van der Waals surface area contributed by atoms with E-state index in [1.54, 1.807) is 20.8 Å². The molecule has 0 saturated carbocycles. The van der Waals surface area contributed by atoms with Crippen molar-refractivity contribution in [3.8, 4) is 11.1 Å². The summed E-state index contributed by atoms with van der Waals surface area (Å²) in [5, 5.41) is 2.79. The van der Waals surface area contributed by atoms with Crippen molar-refractivity contribution in [3.63, 3.8) is 0 Å². The van der Waals surface area contributed by atoms with E-state index in [9.17, 15) is 14.4 Å². The van der Waals surface area contributed by atoms with Gasteiger partial charge in [0.1, 0.15) is 18.2 Å². The number of amides is 2. The van der Waals surface area contributed by atoms with Gasteiger partial charge in [0.05, 0.1) is 7.11 Å². The number of fused-ring (bicyclic) bond motifs is 3. The van der Waals surface area contributed by atoms with Gasteiger partial charge in [-0.05, 0) is 55.4 Å². The Hall–Kier alpha value is -3.55. The molecule has 8 heteroatoms. The minimum atomic E-state index is -0.746. The van der Waals surface area contributed by atoms with E-state index >= 15 is 0 Å². The molecule has 1 aliphatic carbocycles. The maximum atomic E-state index is 12.6. The monoisotopic (exact) mass is 480 g/mol. The minimum Gasteiger partial charge on any atom is -0.467 e. The van der Waals surface area contributed by atoms with Crippen molar-refractivity contribution in [1.29, 1.82) is 0 Å². The highest BCUT2D eigenvalue weighted by atomic mass is 16.6. The summed E-state index contributed by atoms with van der Waals surface area (Å²) in [6.07, 6.45) is -0.732. The van der Waals surface area contributed by atoms with E-state index in [0.29, 0.717) is 6.42 Å². The Bertz CT molecular complexity index is 1060. The smallest absolute Gasteiger partial charge is 0.411 e. The van der Waals surface area contributed by atoms with Gasteiger partial charge in [0.2, 0.25) is 0 Å². The van der Waals surface area contributed by atoms with Gasteiger partial charge >= 0.3 is 18.2 Å². The van der Waals surface area contributed by atoms with Crippen LogP contribution in [-0.4, -0.2) is 61.5 Å². The molecule has 2 aromatic rings. The molecule has 2 aliphatic rings. The fourth-order valence-electron chi connectivity index (χ4n) is 4.83. The lowest BCUT2D eigenvalue weighted by Crippen LogP contribution is -2.44. The molecule has 35 heavy (non-hydrogen) atoms. The zero-order chi connectivity index (χ0) is 25.2. The molecule has 186 valence electrons. The number of alkyl carbamates (subject to hydrolysis) is 1. The van der Waals surface area contributed by atoms with Crippen molar-refractivity contribution in [2.24, 2.45) is 5.92 Å². The Morgan fingerprint density at radius 1 is 1.00 bits per heavy atom. The Morgan fingerprint density at radius 2 is 1.60 bits per heavy atom. The highest BCUT2D eigenvalue weighted by molar-refractivity contribution is 5.82. The number of nitrogens with one attached hydrogen (secondary N) is 1. The predicted octanol–water partition coefficient (Wildman–Crippen LogP) is 4.32. The molecule has 2 aromatic carbocycles. The van der Waals surface area contributed by atoms with Crippen molar-refractivity contribution < 1.29 is 28.6 Å². The summed E-state index contributed by atoms with van der Waals surface area (Å²) >= 11 is 0. The van der Waals surface area contributed by atoms with Crippen LogP contribution in [0.15, 0.2) is 48.5 Å². The molecule has 4 rings (SSSR count). The first-order chi connectivity index (χ1) is 16.7. The quantitative estimate of drug-likeness (QED) is 0.506. The molecule has 0 bridgehead atoms. The van der Waals surface area contributed by atoms with Crippen LogP contribution in [0.1, 0.15) is 44.2 Å². The van der Waals surface area contributed by atoms with Gasteiger partial charge in [-0.2, -0.15) is 0 Å². The van der Waals surface area contributed by atoms with Crippen molar-refractivity contribution in [2.45, 2.75) is 44.8 Å². The minimum absolute atomic E-state index is 0.0222. The maximum Gasteiger partial charge on any atom is 0.411 e. The van der Waals surface area contributed by atoms with E-state index < -0.39 is 29.8 Å². The average molecular weight is 481 g/mol. The van der Waals surface area contributed by atoms with Gasteiger partial charge in [-0.1, -0.05) is 48.5 Å². The van der Waals surface area contributed by atoms with Gasteiger partial charge in [0.25, 0.3) is 0 Å². The number of ether oxygens (including phenoxy) is 3. The Kier molecular flexibility index (Phi) is 7.00. The molecule has 0 unspecified atom stereocenters. The number of benzene rings is 2. The molecule has 0 aromatic heterocycles. The molecule has 1 N–H and O–H groups in total. The Morgan fingerprint density at radius 3 is 2.17 bits per heavy atom. The Labute approximate surface area is 205 Å². The third-order valence-corrected chi connectivity index (χ3v) is 6.37. The number of carbonyl (C=O) groups is 3. The number of hydrogen-bond acceptors (Lipinski definition) is 6. The highest BCUT2D eigenvalue weighted by Gasteiger charge is 2.42. The molecule has 1 saturated heterocycles. The third kappa shape index (κ3) is 5.42. The summed E-state index contributed by atoms with van der Waals surface area (Å²) < 4.78 is 15.9. The van der Waals surface area contributed by atoms with Gasteiger partial charge in [0.15, 0.2) is 0 Å². The summed E-state index contributed by atoms with van der Waals surface area (Å²) in [5.41, 5.74) is 3.94. The molecule has 1 fully saturated rings. The standard InChI is InChI=1S/C27H32N2O6/c1-27(2,3)35-26(32)29-15-17(13-23(29)24(30)33-4)14-28-25(31)34-16-22-20-11-7-5-9-18(20)19-10-6-8-12-21(19)22/h5-12,17,22-23H,13-16H2,1-4H3,(H,28,31)/t17-,23+/m0/s1. The second kappa shape index (κ2) is 9.98. The summed E-state index contributed by atoms with van der Waals surface area (Å²) in [6.45, 7) is 6.07. The van der Waals surface area contributed by atoms with Crippen LogP contribution in [0, 0.1) is 5.92 Å². The fraction of sp³-hybridized carbons (Fsp3) is 0.444. The van der Waals surface area contributed by atoms with E-state index in [0.717, 1.165) is 11.1 Å². The molecule has 8 nitrogen and oxygen atoms in total. The van der Waals surface area contributed by atoms with Gasteiger partial charge in [-0.3, -0.25) is 4.90 Å². The lowest BCUT2D eigenvalue weighted by molar-refractivity contribution is -0.145. The fourth-order valence-corrected chi connectivity index (χ4v) is 4.83. The second-order valence-corrected chi connectivity index (χ2v) is 9.98. The first-order valence-corrected chi connectivity index (χ1v) is 11.8. The number of carbonyl (C=O) groups excluding carboxylic acids is 3. The average Bonchev–Trinajstić information content (AvgIpc) is 3.40. The number of rotatable bonds is 5. The number of hydrogen-bond donors (Lipinski definition) is 1. The van der Waals surface area contributed by atoms with E-state index in [2.05, 4.69) is 29.6 Å². The van der Waals surface area contributed by atoms with Crippen LogP contribution in [0.4, 0.5) is 9.59 Å². The van der Waals surface area contributed by atoms with Crippen molar-refractivity contribution in [2.75, 3.05) is 26.8 Å². The summed E-state index contributed by atoms with van der Waals surface area (Å²) in [7, 11) is 1.29. The molecule has 0 spiro atoms. The van der Waals surface area contributed by atoms with Crippen LogP contribution in [0.3, 0.4) is 0 Å². The van der Waals surface area contributed by atoms with Gasteiger partial charge < -0.3 is 19.5 Å². The molecule has 2 amide bonds. The zero-order valence-corrected chi connectivity index (χ0v) is 20.6. The van der Waals surface area contributed by atoms with Crippen LogP contribution in [0.5, 0.6) is 0 Å². The lowest BCUT2D eigenvalue weighted by atomic mass is 9.98. The van der Waals surface area contributed by atoms with Crippen molar-refractivity contribution in [3.05, 3.63) is 59.7 Å². The van der Waals surface area contributed by atoms with Crippen LogP contribution in [0.2, 0.25) is 0 Å². The van der Waals surface area contributed by atoms with E-state index in [1.807, 2.05) is 24.3 Å². The summed E-state index contributed by atoms with van der Waals surface area (Å²) in [5.74, 6) is -0.655. The largest absolute Gasteiger partial charge is 0.467 e. The molecular formula is C27H32N2O6. The van der Waals surface area contributed by atoms with Crippen LogP contribution >= 0.6 is 0 Å². The molecule has 2 atom stereocenters. The van der Waals surface area contributed by atoms with Gasteiger partial charge in [0, 0.05) is 19.0 Å². The number of nitrogens with zero attached hydrogens (tertiary/aromatic N) is 1. The van der Waals surface area contributed by atoms with Crippen LogP contribution < -0.4 is 5.32 Å². The first-order valence-electron chi connectivity index (χ1n) is 11.8. The number of esters is 1. The van der Waals surface area contributed by atoms with Crippen molar-refractivity contribution in [1.82, 2.24) is 10.2 Å². The topological polar surface area (TPSA) is 94.2 Å². The lowest BCUT2D eigenvalue weighted by Gasteiger charge is -2.27. The molecule has 1 aliphatic heterocycles. The predicted molar refractivity (Wildman–Crippen MR) is 130 cm³/mol. The zero-order valence-electron chi connectivity index (χ0n) is 20.6. The summed E-state index contributed by atoms with van der Waals surface area (Å²) in [6, 6.07) is 15.6. The second-order valence-electron chi connectivity index (χ2n) is 9.98. The van der Waals surface area contributed by atoms with Gasteiger partial charge in [-0.15, -0.1) is 0 Å². The van der Waals surface area contributed by atoms with Crippen molar-refractivity contribution >= 4 is 18.2 Å². The normalized spacial score (nSPS) is 19.0. The van der Waals surface area contributed by atoms with E-state index in [1.165, 1.54) is 23.1 Å². The highest BCUT2D eigenvalue weighted by Crippen LogP contribution is 2.44. The van der Waals surface area contributed by atoms with E-state index in [-0.39, 0.29) is 31.5 Å². The summed E-state index contributed by atoms with van der Waals surface area (Å²) in [4.78, 5) is 38.8.